The van der Waals surface area contributed by atoms with E-state index in [0.717, 1.165) is 4.90 Å². The first kappa shape index (κ1) is 10.5. The summed E-state index contributed by atoms with van der Waals surface area (Å²) in [5.74, 6) is -0.753. The normalized spacial score (nSPS) is 13.9. The molecule has 18 heavy (non-hydrogen) atoms. The van der Waals surface area contributed by atoms with E-state index in [2.05, 4.69) is 4.98 Å². The second-order valence-corrected chi connectivity index (χ2v) is 3.93. The lowest BCUT2D eigenvalue weighted by Crippen LogP contribution is -2.30. The number of nitrogen functional groups attached to an aromatic ring is 1. The molecule has 0 saturated heterocycles. The molecule has 5 heteroatoms. The lowest BCUT2D eigenvalue weighted by molar-refractivity contribution is 0.0926. The first-order valence-corrected chi connectivity index (χ1v) is 5.37. The third-order valence-corrected chi connectivity index (χ3v) is 2.87. The first-order valence-electron chi connectivity index (χ1n) is 5.37. The highest BCUT2D eigenvalue weighted by molar-refractivity contribution is 6.35. The van der Waals surface area contributed by atoms with Gasteiger partial charge in [0.1, 0.15) is 0 Å². The molecule has 2 aromatic rings. The molecular formula is C13H9N3O2. The Balaban J connectivity index is 2.16. The third kappa shape index (κ3) is 1.31. The van der Waals surface area contributed by atoms with Crippen LogP contribution in [0.15, 0.2) is 42.7 Å². The molecule has 2 N–H and O–H groups in total. The Kier molecular flexibility index (Phi) is 2.13. The quantitative estimate of drug-likeness (QED) is 0.603. The number of fused-ring (bicyclic) bond motifs is 1. The summed E-state index contributed by atoms with van der Waals surface area (Å²) in [6, 6.07) is 8.31. The van der Waals surface area contributed by atoms with Gasteiger partial charge in [-0.3, -0.25) is 14.6 Å². The van der Waals surface area contributed by atoms with Crippen LogP contribution in [0.5, 0.6) is 0 Å². The van der Waals surface area contributed by atoms with Gasteiger partial charge in [-0.25, -0.2) is 4.90 Å². The third-order valence-electron chi connectivity index (χ3n) is 2.87. The topological polar surface area (TPSA) is 76.3 Å². The van der Waals surface area contributed by atoms with E-state index in [1.54, 1.807) is 24.3 Å². The van der Waals surface area contributed by atoms with Crippen LogP contribution in [0, 0.1) is 0 Å². The van der Waals surface area contributed by atoms with Gasteiger partial charge in [0, 0.05) is 12.4 Å². The average Bonchev–Trinajstić information content (AvgIpc) is 2.64. The molecule has 0 aliphatic carbocycles. The summed E-state index contributed by atoms with van der Waals surface area (Å²) in [6.45, 7) is 0. The summed E-state index contributed by atoms with van der Waals surface area (Å²) in [4.78, 5) is 29.3. The van der Waals surface area contributed by atoms with Crippen molar-refractivity contribution in [3.8, 4) is 0 Å². The molecule has 0 bridgehead atoms. The van der Waals surface area contributed by atoms with Gasteiger partial charge in [0.2, 0.25) is 0 Å². The number of benzene rings is 1. The van der Waals surface area contributed by atoms with E-state index in [4.69, 9.17) is 5.73 Å². The Labute approximate surface area is 103 Å². The summed E-state index contributed by atoms with van der Waals surface area (Å²) >= 11 is 0. The maximum absolute atomic E-state index is 12.2. The SMILES string of the molecule is Nc1ccccc1N1C(=O)c2ccncc2C1=O. The monoisotopic (exact) mass is 239 g/mol. The van der Waals surface area contributed by atoms with Crippen LogP contribution in [0.3, 0.4) is 0 Å². The summed E-state index contributed by atoms with van der Waals surface area (Å²) in [5.41, 5.74) is 7.26. The van der Waals surface area contributed by atoms with Crippen LogP contribution < -0.4 is 10.6 Å². The molecule has 5 nitrogen and oxygen atoms in total. The van der Waals surface area contributed by atoms with Crippen molar-refractivity contribution in [2.45, 2.75) is 0 Å². The molecule has 0 fully saturated rings. The van der Waals surface area contributed by atoms with Crippen molar-refractivity contribution in [2.24, 2.45) is 0 Å². The number of carbonyl (C=O) groups is 2. The van der Waals surface area contributed by atoms with Gasteiger partial charge in [-0.15, -0.1) is 0 Å². The van der Waals surface area contributed by atoms with Gasteiger partial charge in [-0.05, 0) is 18.2 Å². The van der Waals surface area contributed by atoms with E-state index in [1.165, 1.54) is 18.5 Å². The summed E-state index contributed by atoms with van der Waals surface area (Å²) in [6.07, 6.45) is 2.89. The average molecular weight is 239 g/mol. The minimum atomic E-state index is -0.388. The Morgan fingerprint density at radius 1 is 1.00 bits per heavy atom. The number of rotatable bonds is 1. The highest BCUT2D eigenvalue weighted by Crippen LogP contribution is 2.31. The van der Waals surface area contributed by atoms with Gasteiger partial charge in [-0.1, -0.05) is 12.1 Å². The number of amides is 2. The number of para-hydroxylation sites is 2. The second-order valence-electron chi connectivity index (χ2n) is 3.93. The molecule has 1 aromatic carbocycles. The van der Waals surface area contributed by atoms with Crippen LogP contribution in [0.4, 0.5) is 11.4 Å². The lowest BCUT2D eigenvalue weighted by atomic mass is 10.2. The number of aromatic nitrogens is 1. The molecular weight excluding hydrogens is 230 g/mol. The van der Waals surface area contributed by atoms with Crippen molar-refractivity contribution >= 4 is 23.2 Å². The Morgan fingerprint density at radius 3 is 2.44 bits per heavy atom. The number of nitrogens with two attached hydrogens (primary N) is 1. The van der Waals surface area contributed by atoms with E-state index in [-0.39, 0.29) is 11.8 Å². The van der Waals surface area contributed by atoms with Crippen molar-refractivity contribution in [3.05, 3.63) is 53.9 Å². The van der Waals surface area contributed by atoms with Gasteiger partial charge in [0.15, 0.2) is 0 Å². The second kappa shape index (κ2) is 3.66. The number of carbonyl (C=O) groups excluding carboxylic acids is 2. The van der Waals surface area contributed by atoms with Crippen LogP contribution in [0.1, 0.15) is 20.7 Å². The summed E-state index contributed by atoms with van der Waals surface area (Å²) in [7, 11) is 0. The molecule has 1 aliphatic heterocycles. The van der Waals surface area contributed by atoms with E-state index < -0.39 is 0 Å². The first-order chi connectivity index (χ1) is 8.70. The molecule has 1 aliphatic rings. The van der Waals surface area contributed by atoms with Crippen molar-refractivity contribution in [2.75, 3.05) is 10.6 Å². The fourth-order valence-corrected chi connectivity index (χ4v) is 1.99. The van der Waals surface area contributed by atoms with Crippen LogP contribution in [-0.2, 0) is 0 Å². The van der Waals surface area contributed by atoms with Crippen LogP contribution >= 0.6 is 0 Å². The van der Waals surface area contributed by atoms with Crippen LogP contribution in [-0.4, -0.2) is 16.8 Å². The molecule has 2 amide bonds. The zero-order valence-corrected chi connectivity index (χ0v) is 9.33. The van der Waals surface area contributed by atoms with Gasteiger partial charge in [0.25, 0.3) is 11.8 Å². The zero-order valence-electron chi connectivity index (χ0n) is 9.33. The molecule has 0 saturated carbocycles. The van der Waals surface area contributed by atoms with E-state index >= 15 is 0 Å². The minimum Gasteiger partial charge on any atom is -0.397 e. The van der Waals surface area contributed by atoms with E-state index in [1.807, 2.05) is 0 Å². The minimum absolute atomic E-state index is 0.311. The molecule has 0 radical (unpaired) electrons. The molecule has 1 aromatic heterocycles. The predicted molar refractivity (Wildman–Crippen MR) is 66.2 cm³/mol. The summed E-state index contributed by atoms with van der Waals surface area (Å²) in [5, 5.41) is 0. The molecule has 0 spiro atoms. The number of pyridine rings is 1. The van der Waals surface area contributed by atoms with E-state index in [9.17, 15) is 9.59 Å². The fourth-order valence-electron chi connectivity index (χ4n) is 1.99. The smallest absolute Gasteiger partial charge is 0.267 e. The van der Waals surface area contributed by atoms with Crippen molar-refractivity contribution in [3.63, 3.8) is 0 Å². The molecule has 2 heterocycles. The summed E-state index contributed by atoms with van der Waals surface area (Å²) < 4.78 is 0. The maximum atomic E-state index is 12.2. The number of hydrogen-bond donors (Lipinski definition) is 1. The van der Waals surface area contributed by atoms with E-state index in [0.29, 0.717) is 22.5 Å². The molecule has 3 rings (SSSR count). The van der Waals surface area contributed by atoms with Gasteiger partial charge in [-0.2, -0.15) is 0 Å². The van der Waals surface area contributed by atoms with Crippen molar-refractivity contribution in [1.29, 1.82) is 0 Å². The fraction of sp³-hybridized carbons (Fsp3) is 0. The van der Waals surface area contributed by atoms with Gasteiger partial charge >= 0.3 is 0 Å². The van der Waals surface area contributed by atoms with Gasteiger partial charge < -0.3 is 5.73 Å². The largest absolute Gasteiger partial charge is 0.397 e. The van der Waals surface area contributed by atoms with Crippen LogP contribution in [0.25, 0.3) is 0 Å². The maximum Gasteiger partial charge on any atom is 0.267 e. The molecule has 0 unspecified atom stereocenters. The standard InChI is InChI=1S/C13H9N3O2/c14-10-3-1-2-4-11(10)16-12(17)8-5-6-15-7-9(8)13(16)18/h1-7H,14H2. The number of hydrogen-bond acceptors (Lipinski definition) is 4. The highest BCUT2D eigenvalue weighted by Gasteiger charge is 2.37. The molecule has 88 valence electrons. The number of imide groups is 1. The Morgan fingerprint density at radius 2 is 1.72 bits per heavy atom. The van der Waals surface area contributed by atoms with Gasteiger partial charge in [0.05, 0.1) is 22.5 Å². The lowest BCUT2D eigenvalue weighted by Gasteiger charge is -2.15. The van der Waals surface area contributed by atoms with Crippen LogP contribution in [0.2, 0.25) is 0 Å². The van der Waals surface area contributed by atoms with Crippen molar-refractivity contribution in [1.82, 2.24) is 4.98 Å². The Hall–Kier alpha value is -2.69. The molecule has 0 atom stereocenters. The number of nitrogens with zero attached hydrogens (tertiary/aromatic N) is 2. The number of anilines is 2. The zero-order chi connectivity index (χ0) is 12.7. The predicted octanol–water partition coefficient (Wildman–Crippen LogP) is 1.46. The van der Waals surface area contributed by atoms with Crippen molar-refractivity contribution < 1.29 is 9.59 Å². The Bertz CT molecular complexity index is 632. The highest BCUT2D eigenvalue weighted by atomic mass is 16.2.